The van der Waals surface area contributed by atoms with Crippen molar-refractivity contribution in [2.24, 2.45) is 0 Å². The number of carbonyl (C=O) groups excluding carboxylic acids is 1. The number of benzene rings is 3. The predicted octanol–water partition coefficient (Wildman–Crippen LogP) is 4.46. The fourth-order valence-corrected chi connectivity index (χ4v) is 6.15. The van der Waals surface area contributed by atoms with E-state index in [1.165, 1.54) is 18.2 Å². The second-order valence-electron chi connectivity index (χ2n) is 8.94. The van der Waals surface area contributed by atoms with Crippen LogP contribution < -0.4 is 13.8 Å². The minimum atomic E-state index is -4.83. The summed E-state index contributed by atoms with van der Waals surface area (Å²) >= 11 is 0. The van der Waals surface area contributed by atoms with Gasteiger partial charge in [-0.15, -0.1) is 0 Å². The summed E-state index contributed by atoms with van der Waals surface area (Å²) in [5, 5.41) is 0. The average Bonchev–Trinajstić information content (AvgIpc) is 2.86. The van der Waals surface area contributed by atoms with Crippen molar-refractivity contribution < 1.29 is 48.3 Å². The third-order valence-corrected chi connectivity index (χ3v) is 8.25. The Morgan fingerprint density at radius 2 is 1.75 bits per heavy atom. The largest absolute Gasteiger partial charge is 0.486 e. The van der Waals surface area contributed by atoms with Crippen LogP contribution in [0.5, 0.6) is 5.75 Å². The molecule has 0 radical (unpaired) electrons. The van der Waals surface area contributed by atoms with Gasteiger partial charge in [-0.3, -0.25) is 13.8 Å². The van der Waals surface area contributed by atoms with E-state index < -0.39 is 66.9 Å². The molecule has 8 nitrogen and oxygen atoms in total. The van der Waals surface area contributed by atoms with Gasteiger partial charge in [0.05, 0.1) is 28.9 Å². The van der Waals surface area contributed by atoms with Crippen LogP contribution in [0.3, 0.4) is 0 Å². The molecule has 15 heteroatoms. The van der Waals surface area contributed by atoms with E-state index in [2.05, 4.69) is 0 Å². The Morgan fingerprint density at radius 1 is 1.02 bits per heavy atom. The van der Waals surface area contributed by atoms with Gasteiger partial charge in [0.15, 0.2) is 0 Å². The highest BCUT2D eigenvalue weighted by molar-refractivity contribution is 7.92. The van der Waals surface area contributed by atoms with Crippen molar-refractivity contribution in [3.63, 3.8) is 0 Å². The molecule has 4 rings (SSSR count). The molecule has 0 saturated carbocycles. The Bertz CT molecular complexity index is 1680. The molecule has 40 heavy (non-hydrogen) atoms. The van der Waals surface area contributed by atoms with E-state index in [-0.39, 0.29) is 35.4 Å². The Hall–Kier alpha value is -3.72. The van der Waals surface area contributed by atoms with Crippen molar-refractivity contribution in [1.82, 2.24) is 4.72 Å². The van der Waals surface area contributed by atoms with Crippen molar-refractivity contribution in [1.29, 1.82) is 0 Å². The number of amides is 1. The number of hydrogen-bond donors (Lipinski definition) is 1. The summed E-state index contributed by atoms with van der Waals surface area (Å²) in [4.78, 5) is 11.3. The lowest BCUT2D eigenvalue weighted by molar-refractivity contribution is -0.137. The Labute approximate surface area is 226 Å². The first-order chi connectivity index (χ1) is 18.5. The molecule has 0 unspecified atom stereocenters. The zero-order chi connectivity index (χ0) is 29.5. The first-order valence-corrected chi connectivity index (χ1v) is 14.8. The highest BCUT2D eigenvalue weighted by Gasteiger charge is 2.37. The Balaban J connectivity index is 1.77. The minimum Gasteiger partial charge on any atom is -0.486 e. The quantitative estimate of drug-likeness (QED) is 0.399. The molecule has 3 aromatic carbocycles. The van der Waals surface area contributed by atoms with E-state index in [9.17, 15) is 43.6 Å². The van der Waals surface area contributed by atoms with Crippen molar-refractivity contribution >= 4 is 31.6 Å². The molecule has 0 spiro atoms. The number of alkyl halides is 3. The fourth-order valence-electron chi connectivity index (χ4n) is 4.09. The lowest BCUT2D eigenvalue weighted by Gasteiger charge is -2.36. The average molecular weight is 605 g/mol. The topological polar surface area (TPSA) is 110 Å². The SMILES string of the molecule is CS(=O)(=O)NC(=O)CC[C@H]1CN(S(=O)(=O)c2cccc(C(F)(F)F)c2)c2cc(-c3cc(F)ccc3F)ccc2O1. The van der Waals surface area contributed by atoms with E-state index in [0.29, 0.717) is 12.1 Å². The van der Waals surface area contributed by atoms with Crippen LogP contribution in [0.25, 0.3) is 11.1 Å². The van der Waals surface area contributed by atoms with Crippen molar-refractivity contribution in [3.05, 3.63) is 77.9 Å². The smallest absolute Gasteiger partial charge is 0.416 e. The predicted molar refractivity (Wildman–Crippen MR) is 134 cm³/mol. The van der Waals surface area contributed by atoms with Crippen LogP contribution in [0.1, 0.15) is 18.4 Å². The molecule has 1 atom stereocenters. The molecule has 1 aliphatic heterocycles. The molecule has 0 saturated heterocycles. The number of sulfonamides is 2. The molecule has 1 N–H and O–H groups in total. The number of ether oxygens (including phenoxy) is 1. The molecular formula is C25H21F5N2O6S2. The van der Waals surface area contributed by atoms with Gasteiger partial charge in [-0.25, -0.2) is 25.6 Å². The maximum Gasteiger partial charge on any atom is 0.416 e. The number of rotatable bonds is 7. The summed E-state index contributed by atoms with van der Waals surface area (Å²) in [5.41, 5.74) is -1.49. The van der Waals surface area contributed by atoms with Crippen LogP contribution in [-0.4, -0.2) is 41.6 Å². The minimum absolute atomic E-state index is 0.0594. The highest BCUT2D eigenvalue weighted by Crippen LogP contribution is 2.41. The number of halogens is 5. The van der Waals surface area contributed by atoms with E-state index in [1.54, 1.807) is 4.72 Å². The summed E-state index contributed by atoms with van der Waals surface area (Å²) in [6, 6.07) is 9.59. The molecule has 0 aromatic heterocycles. The first kappa shape index (κ1) is 29.3. The van der Waals surface area contributed by atoms with Gasteiger partial charge in [0.1, 0.15) is 23.5 Å². The van der Waals surface area contributed by atoms with Gasteiger partial charge in [0.25, 0.3) is 10.0 Å². The van der Waals surface area contributed by atoms with Crippen LogP contribution >= 0.6 is 0 Å². The summed E-state index contributed by atoms with van der Waals surface area (Å²) in [6.45, 7) is -0.479. The van der Waals surface area contributed by atoms with Crippen LogP contribution in [-0.2, 0) is 31.0 Å². The monoisotopic (exact) mass is 604 g/mol. The summed E-state index contributed by atoms with van der Waals surface area (Å²) < 4.78 is 127. The van der Waals surface area contributed by atoms with Crippen LogP contribution in [0, 0.1) is 11.6 Å². The van der Waals surface area contributed by atoms with Crippen molar-refractivity contribution in [3.8, 4) is 16.9 Å². The van der Waals surface area contributed by atoms with Crippen molar-refractivity contribution in [2.75, 3.05) is 17.1 Å². The van der Waals surface area contributed by atoms with Gasteiger partial charge in [-0.05, 0) is 60.5 Å². The molecular weight excluding hydrogens is 583 g/mol. The maximum absolute atomic E-state index is 14.5. The molecule has 1 aliphatic rings. The van der Waals surface area contributed by atoms with Crippen LogP contribution in [0.4, 0.5) is 27.6 Å². The normalized spacial score (nSPS) is 15.8. The van der Waals surface area contributed by atoms with E-state index in [0.717, 1.165) is 40.9 Å². The third kappa shape index (κ3) is 6.53. The van der Waals surface area contributed by atoms with Crippen LogP contribution in [0.2, 0.25) is 0 Å². The molecule has 0 fully saturated rings. The fraction of sp³-hybridized carbons (Fsp3) is 0.240. The Morgan fingerprint density at radius 3 is 2.42 bits per heavy atom. The van der Waals surface area contributed by atoms with E-state index in [1.807, 2.05) is 0 Å². The molecule has 1 amide bonds. The molecule has 214 valence electrons. The van der Waals surface area contributed by atoms with Gasteiger partial charge in [0.2, 0.25) is 15.9 Å². The second-order valence-corrected chi connectivity index (χ2v) is 12.6. The van der Waals surface area contributed by atoms with Crippen LogP contribution in [0.15, 0.2) is 65.6 Å². The number of nitrogens with zero attached hydrogens (tertiary/aromatic N) is 1. The van der Waals surface area contributed by atoms with Gasteiger partial charge >= 0.3 is 6.18 Å². The maximum atomic E-state index is 14.5. The first-order valence-electron chi connectivity index (χ1n) is 11.5. The van der Waals surface area contributed by atoms with Gasteiger partial charge in [-0.2, -0.15) is 13.2 Å². The number of hydrogen-bond acceptors (Lipinski definition) is 6. The second kappa shape index (κ2) is 10.7. The lowest BCUT2D eigenvalue weighted by Crippen LogP contribution is -2.44. The third-order valence-electron chi connectivity index (χ3n) is 5.87. The summed E-state index contributed by atoms with van der Waals surface area (Å²) in [6.07, 6.45) is -5.60. The molecule has 3 aromatic rings. The zero-order valence-corrected chi connectivity index (χ0v) is 22.2. The lowest BCUT2D eigenvalue weighted by atomic mass is 10.0. The molecule has 0 aliphatic carbocycles. The Kier molecular flexibility index (Phi) is 7.82. The number of carbonyl (C=O) groups is 1. The summed E-state index contributed by atoms with van der Waals surface area (Å²) in [7, 11) is -8.53. The highest BCUT2D eigenvalue weighted by atomic mass is 32.2. The van der Waals surface area contributed by atoms with Gasteiger partial charge in [0, 0.05) is 12.0 Å². The number of fused-ring (bicyclic) bond motifs is 1. The summed E-state index contributed by atoms with van der Waals surface area (Å²) in [5.74, 6) is -2.50. The van der Waals surface area contributed by atoms with Gasteiger partial charge < -0.3 is 4.74 Å². The molecule has 0 bridgehead atoms. The zero-order valence-electron chi connectivity index (χ0n) is 20.6. The molecule has 1 heterocycles. The standard InChI is InChI=1S/C25H21F5N2O6S2/c1-39(34,35)31-24(33)10-7-18-14-32(40(36,37)19-4-2-3-16(12-19)25(28,29)30)22-11-15(5-9-23(22)38-18)20-13-17(26)6-8-21(20)27/h2-6,8-9,11-13,18H,7,10,14H2,1H3,(H,31,33)/t18-/m0/s1. The van der Waals surface area contributed by atoms with E-state index >= 15 is 0 Å². The van der Waals surface area contributed by atoms with Crippen molar-refractivity contribution in [2.45, 2.75) is 30.0 Å². The number of nitrogens with one attached hydrogen (secondary N) is 1. The number of anilines is 1. The van der Waals surface area contributed by atoms with Gasteiger partial charge in [-0.1, -0.05) is 12.1 Å². The van der Waals surface area contributed by atoms with E-state index in [4.69, 9.17) is 4.74 Å².